The minimum atomic E-state index is -0.0427. The van der Waals surface area contributed by atoms with Crippen LogP contribution in [-0.2, 0) is 6.42 Å². The number of hydrogen-bond donors (Lipinski definition) is 2. The second-order valence-corrected chi connectivity index (χ2v) is 7.37. The van der Waals surface area contributed by atoms with Crippen LogP contribution in [0.4, 0.5) is 0 Å². The van der Waals surface area contributed by atoms with E-state index in [1.807, 2.05) is 18.2 Å². The van der Waals surface area contributed by atoms with E-state index in [1.165, 1.54) is 4.88 Å². The fourth-order valence-corrected chi connectivity index (χ4v) is 4.41. The van der Waals surface area contributed by atoms with Crippen LogP contribution in [0.15, 0.2) is 50.7 Å². The van der Waals surface area contributed by atoms with Crippen LogP contribution in [0.3, 0.4) is 0 Å². The van der Waals surface area contributed by atoms with E-state index in [2.05, 4.69) is 60.9 Å². The molecule has 1 unspecified atom stereocenters. The Kier molecular flexibility index (Phi) is 4.71. The fourth-order valence-electron chi connectivity index (χ4n) is 2.24. The Hall–Kier alpha value is -0.790. The average Bonchev–Trinajstić information content (AvgIpc) is 2.89. The summed E-state index contributed by atoms with van der Waals surface area (Å²) in [5.74, 6) is 5.76. The molecule has 3 aromatic rings. The highest BCUT2D eigenvalue weighted by Crippen LogP contribution is 2.31. The Balaban J connectivity index is 2.00. The number of thiophene rings is 1. The van der Waals surface area contributed by atoms with Crippen LogP contribution in [0.5, 0.6) is 0 Å². The van der Waals surface area contributed by atoms with E-state index in [0.717, 1.165) is 32.0 Å². The van der Waals surface area contributed by atoms with Crippen molar-refractivity contribution in [1.82, 2.24) is 10.4 Å². The molecule has 6 heteroatoms. The molecule has 21 heavy (non-hydrogen) atoms. The van der Waals surface area contributed by atoms with E-state index in [9.17, 15) is 0 Å². The van der Waals surface area contributed by atoms with Gasteiger partial charge in [0.15, 0.2) is 0 Å². The zero-order valence-corrected chi connectivity index (χ0v) is 15.0. The second kappa shape index (κ2) is 6.54. The minimum Gasteiger partial charge on any atom is -0.271 e. The first-order valence-corrected chi connectivity index (χ1v) is 8.89. The SMILES string of the molecule is NNC(Cc1sccc1Br)c1nc2ccccc2cc1Br. The van der Waals surface area contributed by atoms with Gasteiger partial charge >= 0.3 is 0 Å². The molecular weight excluding hydrogens is 414 g/mol. The maximum Gasteiger partial charge on any atom is 0.0739 e. The topological polar surface area (TPSA) is 50.9 Å². The third-order valence-electron chi connectivity index (χ3n) is 3.32. The van der Waals surface area contributed by atoms with Gasteiger partial charge in [0, 0.05) is 25.6 Å². The van der Waals surface area contributed by atoms with Gasteiger partial charge in [0.1, 0.15) is 0 Å². The van der Waals surface area contributed by atoms with Gasteiger partial charge in [0.05, 0.1) is 17.3 Å². The molecule has 0 aliphatic rings. The van der Waals surface area contributed by atoms with Gasteiger partial charge < -0.3 is 0 Å². The van der Waals surface area contributed by atoms with Crippen molar-refractivity contribution < 1.29 is 0 Å². The molecular formula is C15H13Br2N3S. The van der Waals surface area contributed by atoms with E-state index >= 15 is 0 Å². The highest BCUT2D eigenvalue weighted by Gasteiger charge is 2.18. The molecule has 0 amide bonds. The van der Waals surface area contributed by atoms with Crippen molar-refractivity contribution in [2.75, 3.05) is 0 Å². The van der Waals surface area contributed by atoms with Crippen molar-refractivity contribution in [2.45, 2.75) is 12.5 Å². The van der Waals surface area contributed by atoms with E-state index in [4.69, 9.17) is 10.8 Å². The third-order valence-corrected chi connectivity index (χ3v) is 5.90. The van der Waals surface area contributed by atoms with E-state index < -0.39 is 0 Å². The number of aromatic nitrogens is 1. The van der Waals surface area contributed by atoms with E-state index in [0.29, 0.717) is 0 Å². The molecule has 0 spiro atoms. The highest BCUT2D eigenvalue weighted by atomic mass is 79.9. The van der Waals surface area contributed by atoms with Gasteiger partial charge in [-0.3, -0.25) is 11.3 Å². The summed E-state index contributed by atoms with van der Waals surface area (Å²) in [4.78, 5) is 6.01. The Morgan fingerprint density at radius 1 is 1.19 bits per heavy atom. The predicted octanol–water partition coefficient (Wildman–Crippen LogP) is 4.57. The average molecular weight is 427 g/mol. The Bertz CT molecular complexity index is 772. The molecule has 3 nitrogen and oxygen atoms in total. The first-order valence-electron chi connectivity index (χ1n) is 6.42. The van der Waals surface area contributed by atoms with Gasteiger partial charge in [-0.1, -0.05) is 18.2 Å². The lowest BCUT2D eigenvalue weighted by Crippen LogP contribution is -2.30. The standard InChI is InChI=1S/C15H13Br2N3S/c16-10-5-6-21-14(10)8-13(20-18)15-11(17)7-9-3-1-2-4-12(9)19-15/h1-7,13,20H,8,18H2. The molecule has 1 aromatic carbocycles. The summed E-state index contributed by atoms with van der Waals surface area (Å²) in [7, 11) is 0. The normalized spacial score (nSPS) is 12.7. The Labute approximate surface area is 143 Å². The van der Waals surface area contributed by atoms with Crippen LogP contribution < -0.4 is 11.3 Å². The molecule has 3 rings (SSSR count). The quantitative estimate of drug-likeness (QED) is 0.474. The number of benzene rings is 1. The molecule has 2 heterocycles. The van der Waals surface area contributed by atoms with Gasteiger partial charge in [-0.15, -0.1) is 11.3 Å². The number of nitrogens with two attached hydrogens (primary N) is 1. The molecule has 0 aliphatic heterocycles. The summed E-state index contributed by atoms with van der Waals surface area (Å²) >= 11 is 8.89. The smallest absolute Gasteiger partial charge is 0.0739 e. The summed E-state index contributed by atoms with van der Waals surface area (Å²) in [5.41, 5.74) is 4.78. The number of nitrogens with one attached hydrogen (secondary N) is 1. The lowest BCUT2D eigenvalue weighted by Gasteiger charge is -2.17. The van der Waals surface area contributed by atoms with Crippen molar-refractivity contribution in [3.63, 3.8) is 0 Å². The molecule has 2 aromatic heterocycles. The number of fused-ring (bicyclic) bond motifs is 1. The molecule has 0 bridgehead atoms. The maximum absolute atomic E-state index is 5.76. The van der Waals surface area contributed by atoms with Crippen molar-refractivity contribution >= 4 is 54.1 Å². The van der Waals surface area contributed by atoms with Crippen LogP contribution in [0, 0.1) is 0 Å². The van der Waals surface area contributed by atoms with Crippen LogP contribution in [0.2, 0.25) is 0 Å². The molecule has 1 atom stereocenters. The summed E-state index contributed by atoms with van der Waals surface area (Å²) in [5, 5.41) is 3.18. The largest absolute Gasteiger partial charge is 0.271 e. The van der Waals surface area contributed by atoms with Crippen LogP contribution in [-0.4, -0.2) is 4.98 Å². The van der Waals surface area contributed by atoms with Gasteiger partial charge in [-0.2, -0.15) is 0 Å². The number of rotatable bonds is 4. The van der Waals surface area contributed by atoms with Gasteiger partial charge in [-0.25, -0.2) is 4.98 Å². The van der Waals surface area contributed by atoms with E-state index in [1.54, 1.807) is 11.3 Å². The van der Waals surface area contributed by atoms with Crippen molar-refractivity contribution in [3.05, 3.63) is 61.3 Å². The maximum atomic E-state index is 5.76. The van der Waals surface area contributed by atoms with Gasteiger partial charge in [0.2, 0.25) is 0 Å². The van der Waals surface area contributed by atoms with Crippen LogP contribution >= 0.6 is 43.2 Å². The number of halogens is 2. The molecule has 0 radical (unpaired) electrons. The molecule has 0 fully saturated rings. The van der Waals surface area contributed by atoms with Crippen molar-refractivity contribution in [1.29, 1.82) is 0 Å². The summed E-state index contributed by atoms with van der Waals surface area (Å²) < 4.78 is 2.08. The molecule has 0 aliphatic carbocycles. The second-order valence-electron chi connectivity index (χ2n) is 4.66. The zero-order chi connectivity index (χ0) is 14.8. The number of hydrazine groups is 1. The Morgan fingerprint density at radius 3 is 2.71 bits per heavy atom. The van der Waals surface area contributed by atoms with Crippen LogP contribution in [0.25, 0.3) is 10.9 Å². The summed E-state index contributed by atoms with van der Waals surface area (Å²) in [6.07, 6.45) is 0.790. The van der Waals surface area contributed by atoms with Gasteiger partial charge in [0.25, 0.3) is 0 Å². The first-order chi connectivity index (χ1) is 10.2. The van der Waals surface area contributed by atoms with Crippen LogP contribution in [0.1, 0.15) is 16.6 Å². The fraction of sp³-hybridized carbons (Fsp3) is 0.133. The molecule has 108 valence electrons. The third kappa shape index (κ3) is 3.19. The van der Waals surface area contributed by atoms with Gasteiger partial charge in [-0.05, 0) is 55.4 Å². The Morgan fingerprint density at radius 2 is 2.00 bits per heavy atom. The summed E-state index contributed by atoms with van der Waals surface area (Å²) in [6, 6.07) is 12.2. The minimum absolute atomic E-state index is 0.0427. The predicted molar refractivity (Wildman–Crippen MR) is 95.2 cm³/mol. The molecule has 0 saturated heterocycles. The first kappa shape index (κ1) is 15.1. The number of para-hydroxylation sites is 1. The highest BCUT2D eigenvalue weighted by molar-refractivity contribution is 9.10. The van der Waals surface area contributed by atoms with Crippen molar-refractivity contribution in [2.24, 2.45) is 5.84 Å². The molecule has 3 N–H and O–H groups in total. The summed E-state index contributed by atoms with van der Waals surface area (Å²) in [6.45, 7) is 0. The lowest BCUT2D eigenvalue weighted by molar-refractivity contribution is 0.540. The molecule has 0 saturated carbocycles. The van der Waals surface area contributed by atoms with Crippen molar-refractivity contribution in [3.8, 4) is 0 Å². The zero-order valence-electron chi connectivity index (χ0n) is 11.0. The monoisotopic (exact) mass is 425 g/mol. The number of nitrogens with zero attached hydrogens (tertiary/aromatic N) is 1. The number of hydrogen-bond acceptors (Lipinski definition) is 4. The number of pyridine rings is 1. The lowest BCUT2D eigenvalue weighted by atomic mass is 10.1. The van der Waals surface area contributed by atoms with E-state index in [-0.39, 0.29) is 6.04 Å².